The summed E-state index contributed by atoms with van der Waals surface area (Å²) in [7, 11) is 5.33. The molecule has 0 amide bonds. The Kier molecular flexibility index (Phi) is 8.19. The molecule has 7 nitrogen and oxygen atoms in total. The largest absolute Gasteiger partial charge is 0.385 e. The minimum absolute atomic E-state index is 0.122. The van der Waals surface area contributed by atoms with Gasteiger partial charge in [-0.3, -0.25) is 4.79 Å². The number of fused-ring (bicyclic) bond motifs is 1. The first-order valence-corrected chi connectivity index (χ1v) is 13.6. The number of hydrogen-bond acceptors (Lipinski definition) is 5. The molecule has 0 aliphatic heterocycles. The number of aromatic nitrogens is 3. The van der Waals surface area contributed by atoms with Crippen molar-refractivity contribution in [2.45, 2.75) is 18.6 Å². The van der Waals surface area contributed by atoms with Crippen LogP contribution >= 0.6 is 11.6 Å². The molecule has 0 aliphatic rings. The third kappa shape index (κ3) is 5.33. The van der Waals surface area contributed by atoms with E-state index < -0.39 is 5.60 Å². The van der Waals surface area contributed by atoms with Gasteiger partial charge in [0.15, 0.2) is 5.60 Å². The van der Waals surface area contributed by atoms with Crippen molar-refractivity contribution in [3.63, 3.8) is 0 Å². The highest BCUT2D eigenvalue weighted by atomic mass is 35.5. The van der Waals surface area contributed by atoms with Gasteiger partial charge in [0, 0.05) is 50.8 Å². The zero-order chi connectivity index (χ0) is 28.3. The molecular formula is C32H33ClN4O3. The van der Waals surface area contributed by atoms with Crippen LogP contribution in [0.15, 0.2) is 90.1 Å². The summed E-state index contributed by atoms with van der Waals surface area (Å²) < 4.78 is 8.56. The molecule has 0 saturated heterocycles. The molecule has 8 heteroatoms. The Balaban J connectivity index is 1.63. The zero-order valence-corrected chi connectivity index (χ0v) is 23.7. The highest BCUT2D eigenvalue weighted by Gasteiger charge is 2.37. The highest BCUT2D eigenvalue weighted by Crippen LogP contribution is 2.39. The first-order valence-electron chi connectivity index (χ1n) is 13.2. The Labute approximate surface area is 238 Å². The lowest BCUT2D eigenvalue weighted by atomic mass is 9.82. The van der Waals surface area contributed by atoms with E-state index in [2.05, 4.69) is 10.3 Å². The first-order chi connectivity index (χ1) is 19.3. The number of halogens is 1. The van der Waals surface area contributed by atoms with E-state index in [1.165, 1.54) is 0 Å². The second-order valence-corrected chi connectivity index (χ2v) is 10.5. The fourth-order valence-electron chi connectivity index (χ4n) is 5.19. The molecule has 3 aromatic carbocycles. The van der Waals surface area contributed by atoms with Crippen molar-refractivity contribution >= 4 is 22.5 Å². The molecule has 2 heterocycles. The van der Waals surface area contributed by atoms with Gasteiger partial charge in [-0.15, -0.1) is 0 Å². The van der Waals surface area contributed by atoms with Gasteiger partial charge in [-0.1, -0.05) is 54.1 Å². The van der Waals surface area contributed by atoms with Crippen LogP contribution < -0.4 is 10.9 Å². The van der Waals surface area contributed by atoms with E-state index in [1.807, 2.05) is 72.3 Å². The van der Waals surface area contributed by atoms with E-state index in [9.17, 15) is 9.90 Å². The number of rotatable bonds is 10. The predicted molar refractivity (Wildman–Crippen MR) is 160 cm³/mol. The Morgan fingerprint density at radius 1 is 1.02 bits per heavy atom. The third-order valence-electron chi connectivity index (χ3n) is 7.39. The zero-order valence-electron chi connectivity index (χ0n) is 22.9. The number of hydrogen-bond donors (Lipinski definition) is 2. The van der Waals surface area contributed by atoms with Crippen LogP contribution in [0.25, 0.3) is 22.0 Å². The summed E-state index contributed by atoms with van der Waals surface area (Å²) in [6.07, 6.45) is 4.31. The van der Waals surface area contributed by atoms with E-state index in [1.54, 1.807) is 43.4 Å². The van der Waals surface area contributed by atoms with E-state index in [0.717, 1.165) is 53.7 Å². The quantitative estimate of drug-likeness (QED) is 0.237. The van der Waals surface area contributed by atoms with Gasteiger partial charge in [0.1, 0.15) is 0 Å². The molecule has 206 valence electrons. The summed E-state index contributed by atoms with van der Waals surface area (Å²) in [6.45, 7) is 2.31. The van der Waals surface area contributed by atoms with Gasteiger partial charge in [-0.25, -0.2) is 4.98 Å². The van der Waals surface area contributed by atoms with Crippen LogP contribution in [0.2, 0.25) is 5.02 Å². The Hall–Kier alpha value is -3.75. The minimum atomic E-state index is -1.50. The standard InChI is InChI=1S/C32H33ClN4O3/c1-36-21-35-20-30(36)32(39,24-10-8-22(9-11-24)19-34-14-5-15-40-3)25-12-13-29-28(17-25)27(18-31(38)37(29)2)23-6-4-7-26(33)16-23/h4,6-13,16-18,20-21,34,39H,5,14-15,19H2,1-3H3. The van der Waals surface area contributed by atoms with Crippen LogP contribution in [0, 0.1) is 0 Å². The highest BCUT2D eigenvalue weighted by molar-refractivity contribution is 6.30. The molecule has 0 aliphatic carbocycles. The molecule has 0 spiro atoms. The number of aryl methyl sites for hydroxylation is 2. The van der Waals surface area contributed by atoms with Crippen molar-refractivity contribution in [2.75, 3.05) is 20.3 Å². The number of aliphatic hydroxyl groups is 1. The third-order valence-corrected chi connectivity index (χ3v) is 7.63. The topological polar surface area (TPSA) is 81.3 Å². The molecule has 2 aromatic heterocycles. The molecule has 0 fully saturated rings. The van der Waals surface area contributed by atoms with Crippen molar-refractivity contribution in [3.05, 3.63) is 123 Å². The SMILES string of the molecule is COCCCNCc1ccc(C(O)(c2ccc3c(c2)c(-c2cccc(Cl)c2)cc(=O)n3C)c2cncn2C)cc1. The first kappa shape index (κ1) is 27.8. The lowest BCUT2D eigenvalue weighted by Crippen LogP contribution is -2.31. The molecule has 5 aromatic rings. The molecular weight excluding hydrogens is 524 g/mol. The maximum atomic E-state index is 12.9. The summed E-state index contributed by atoms with van der Waals surface area (Å²) in [4.78, 5) is 17.2. The smallest absolute Gasteiger partial charge is 0.251 e. The van der Waals surface area contributed by atoms with Crippen LogP contribution in [0.5, 0.6) is 0 Å². The van der Waals surface area contributed by atoms with Crippen LogP contribution in [0.3, 0.4) is 0 Å². The average Bonchev–Trinajstić information content (AvgIpc) is 3.40. The van der Waals surface area contributed by atoms with Crippen molar-refractivity contribution in [1.29, 1.82) is 0 Å². The number of nitrogens with zero attached hydrogens (tertiary/aromatic N) is 3. The Morgan fingerprint density at radius 3 is 2.50 bits per heavy atom. The number of nitrogens with one attached hydrogen (secondary N) is 1. The van der Waals surface area contributed by atoms with E-state index in [4.69, 9.17) is 16.3 Å². The summed E-state index contributed by atoms with van der Waals surface area (Å²) in [5.74, 6) is 0. The van der Waals surface area contributed by atoms with E-state index in [0.29, 0.717) is 21.8 Å². The summed E-state index contributed by atoms with van der Waals surface area (Å²) in [6, 6.07) is 22.8. The second-order valence-electron chi connectivity index (χ2n) is 10.0. The number of imidazole rings is 1. The average molecular weight is 557 g/mol. The number of methoxy groups -OCH3 is 1. The van der Waals surface area contributed by atoms with Crippen molar-refractivity contribution in [3.8, 4) is 11.1 Å². The van der Waals surface area contributed by atoms with Gasteiger partial charge in [0.05, 0.1) is 23.7 Å². The molecule has 2 N–H and O–H groups in total. The molecule has 0 bridgehead atoms. The summed E-state index contributed by atoms with van der Waals surface area (Å²) in [5.41, 5.74) is 3.85. The van der Waals surface area contributed by atoms with Gasteiger partial charge >= 0.3 is 0 Å². The van der Waals surface area contributed by atoms with Crippen LogP contribution in [-0.4, -0.2) is 39.5 Å². The fourth-order valence-corrected chi connectivity index (χ4v) is 5.38. The summed E-state index contributed by atoms with van der Waals surface area (Å²) >= 11 is 6.31. The van der Waals surface area contributed by atoms with Gasteiger partial charge in [-0.05, 0) is 65.0 Å². The maximum absolute atomic E-state index is 12.9. The molecule has 5 rings (SSSR count). The fraction of sp³-hybridized carbons (Fsp3) is 0.250. The van der Waals surface area contributed by atoms with Crippen LogP contribution in [0.1, 0.15) is 28.8 Å². The van der Waals surface area contributed by atoms with Gasteiger partial charge in [0.25, 0.3) is 5.56 Å². The number of benzene rings is 3. The lowest BCUT2D eigenvalue weighted by Gasteiger charge is -2.30. The van der Waals surface area contributed by atoms with Gasteiger partial charge in [-0.2, -0.15) is 0 Å². The van der Waals surface area contributed by atoms with Gasteiger partial charge in [0.2, 0.25) is 0 Å². The lowest BCUT2D eigenvalue weighted by molar-refractivity contribution is 0.117. The molecule has 0 saturated carbocycles. The molecule has 1 atom stereocenters. The Morgan fingerprint density at radius 2 is 1.80 bits per heavy atom. The van der Waals surface area contributed by atoms with Crippen molar-refractivity contribution < 1.29 is 9.84 Å². The van der Waals surface area contributed by atoms with Crippen LogP contribution in [0.4, 0.5) is 0 Å². The van der Waals surface area contributed by atoms with E-state index >= 15 is 0 Å². The Bertz CT molecular complexity index is 1690. The minimum Gasteiger partial charge on any atom is -0.385 e. The summed E-state index contributed by atoms with van der Waals surface area (Å²) in [5, 5.41) is 17.4. The molecule has 1 unspecified atom stereocenters. The molecule has 40 heavy (non-hydrogen) atoms. The van der Waals surface area contributed by atoms with E-state index in [-0.39, 0.29) is 5.56 Å². The number of pyridine rings is 1. The predicted octanol–water partition coefficient (Wildman–Crippen LogP) is 5.00. The van der Waals surface area contributed by atoms with Crippen molar-refractivity contribution in [1.82, 2.24) is 19.4 Å². The monoisotopic (exact) mass is 556 g/mol. The number of ether oxygens (including phenoxy) is 1. The second kappa shape index (κ2) is 11.8. The maximum Gasteiger partial charge on any atom is 0.251 e. The molecule has 0 radical (unpaired) electrons. The van der Waals surface area contributed by atoms with Crippen LogP contribution in [-0.2, 0) is 31.0 Å². The van der Waals surface area contributed by atoms with Crippen molar-refractivity contribution in [2.24, 2.45) is 14.1 Å². The van der Waals surface area contributed by atoms with Gasteiger partial charge < -0.3 is 24.3 Å². The normalized spacial score (nSPS) is 13.0.